The van der Waals surface area contributed by atoms with Crippen LogP contribution in [0.4, 0.5) is 8.78 Å². The first kappa shape index (κ1) is 12.3. The number of hydrogen-bond donors (Lipinski definition) is 0. The van der Waals surface area contributed by atoms with Crippen LogP contribution in [0.25, 0.3) is 0 Å². The Balaban J connectivity index is 1.91. The highest BCUT2D eigenvalue weighted by molar-refractivity contribution is 5.31. The van der Waals surface area contributed by atoms with Crippen LogP contribution >= 0.6 is 0 Å². The Labute approximate surface area is 101 Å². The van der Waals surface area contributed by atoms with E-state index in [1.807, 2.05) is 24.3 Å². The first-order chi connectivity index (χ1) is 7.79. The summed E-state index contributed by atoms with van der Waals surface area (Å²) in [4.78, 5) is 0. The van der Waals surface area contributed by atoms with Gasteiger partial charge in [-0.05, 0) is 23.1 Å². The van der Waals surface area contributed by atoms with E-state index in [4.69, 9.17) is 4.74 Å². The van der Waals surface area contributed by atoms with Gasteiger partial charge in [0.15, 0.2) is 0 Å². The van der Waals surface area contributed by atoms with Crippen LogP contribution in [0.5, 0.6) is 5.75 Å². The van der Waals surface area contributed by atoms with Crippen LogP contribution in [0.15, 0.2) is 24.3 Å². The summed E-state index contributed by atoms with van der Waals surface area (Å²) in [5, 5.41) is 0. The predicted octanol–water partition coefficient (Wildman–Crippen LogP) is 4.02. The second kappa shape index (κ2) is 3.97. The van der Waals surface area contributed by atoms with Crippen molar-refractivity contribution in [2.24, 2.45) is 5.92 Å². The summed E-state index contributed by atoms with van der Waals surface area (Å²) in [6.07, 6.45) is -0.0346. The zero-order valence-corrected chi connectivity index (χ0v) is 10.5. The first-order valence-corrected chi connectivity index (χ1v) is 5.90. The lowest BCUT2D eigenvalue weighted by molar-refractivity contribution is 0.0856. The Kier molecular flexibility index (Phi) is 2.88. The molecule has 0 saturated heterocycles. The van der Waals surface area contributed by atoms with E-state index < -0.39 is 11.8 Å². The van der Waals surface area contributed by atoms with E-state index in [1.165, 1.54) is 5.56 Å². The topological polar surface area (TPSA) is 9.23 Å². The molecule has 94 valence electrons. The molecule has 0 radical (unpaired) electrons. The molecule has 0 amide bonds. The minimum absolute atomic E-state index is 0.0346. The van der Waals surface area contributed by atoms with E-state index >= 15 is 0 Å². The van der Waals surface area contributed by atoms with E-state index in [2.05, 4.69) is 20.8 Å². The first-order valence-electron chi connectivity index (χ1n) is 5.90. The molecule has 0 bridgehead atoms. The van der Waals surface area contributed by atoms with Crippen molar-refractivity contribution < 1.29 is 13.5 Å². The molecule has 1 aromatic rings. The molecule has 1 aromatic carbocycles. The standard InChI is InChI=1S/C14H18F2O/c1-13(2,3)10-4-6-12(7-5-10)17-9-11-8-14(11,15)16/h4-7,11H,8-9H2,1-3H3. The lowest BCUT2D eigenvalue weighted by atomic mass is 9.87. The molecule has 0 N–H and O–H groups in total. The maximum Gasteiger partial charge on any atom is 0.255 e. The highest BCUT2D eigenvalue weighted by atomic mass is 19.3. The molecular formula is C14H18F2O. The molecule has 1 aliphatic carbocycles. The van der Waals surface area contributed by atoms with Gasteiger partial charge >= 0.3 is 0 Å². The highest BCUT2D eigenvalue weighted by Gasteiger charge is 2.57. The number of ether oxygens (including phenoxy) is 1. The van der Waals surface area contributed by atoms with Crippen LogP contribution in [-0.2, 0) is 5.41 Å². The molecular weight excluding hydrogens is 222 g/mol. The van der Waals surface area contributed by atoms with Crippen LogP contribution in [0.2, 0.25) is 0 Å². The van der Waals surface area contributed by atoms with E-state index in [0.717, 1.165) is 0 Å². The minimum Gasteiger partial charge on any atom is -0.493 e. The Bertz CT molecular complexity index is 390. The zero-order chi connectivity index (χ0) is 12.7. The Morgan fingerprint density at radius 3 is 2.18 bits per heavy atom. The van der Waals surface area contributed by atoms with Gasteiger partial charge in [0.05, 0.1) is 12.5 Å². The van der Waals surface area contributed by atoms with Crippen molar-refractivity contribution in [3.63, 3.8) is 0 Å². The summed E-state index contributed by atoms with van der Waals surface area (Å²) in [5.41, 5.74) is 1.31. The van der Waals surface area contributed by atoms with Crippen molar-refractivity contribution >= 4 is 0 Å². The smallest absolute Gasteiger partial charge is 0.255 e. The maximum atomic E-state index is 12.6. The fourth-order valence-corrected chi connectivity index (χ4v) is 1.70. The summed E-state index contributed by atoms with van der Waals surface area (Å²) in [6, 6.07) is 7.67. The largest absolute Gasteiger partial charge is 0.493 e. The van der Waals surface area contributed by atoms with Crippen molar-refractivity contribution in [1.29, 1.82) is 0 Å². The summed E-state index contributed by atoms with van der Waals surface area (Å²) < 4.78 is 30.6. The molecule has 1 saturated carbocycles. The van der Waals surface area contributed by atoms with Gasteiger partial charge in [0.1, 0.15) is 5.75 Å². The Morgan fingerprint density at radius 2 is 1.76 bits per heavy atom. The molecule has 0 aliphatic heterocycles. The Hall–Kier alpha value is -1.12. The average molecular weight is 240 g/mol. The van der Waals surface area contributed by atoms with E-state index in [9.17, 15) is 8.78 Å². The quantitative estimate of drug-likeness (QED) is 0.775. The molecule has 3 heteroatoms. The van der Waals surface area contributed by atoms with Gasteiger partial charge in [-0.15, -0.1) is 0 Å². The normalized spacial score (nSPS) is 22.3. The number of benzene rings is 1. The van der Waals surface area contributed by atoms with Crippen LogP contribution in [0, 0.1) is 5.92 Å². The summed E-state index contributed by atoms with van der Waals surface area (Å²) >= 11 is 0. The molecule has 1 nitrogen and oxygen atoms in total. The van der Waals surface area contributed by atoms with Crippen molar-refractivity contribution in [3.8, 4) is 5.75 Å². The summed E-state index contributed by atoms with van der Waals surface area (Å²) in [6.45, 7) is 6.51. The van der Waals surface area contributed by atoms with Crippen molar-refractivity contribution in [1.82, 2.24) is 0 Å². The Morgan fingerprint density at radius 1 is 1.24 bits per heavy atom. The predicted molar refractivity (Wildman–Crippen MR) is 63.7 cm³/mol. The number of hydrogen-bond acceptors (Lipinski definition) is 1. The lowest BCUT2D eigenvalue weighted by Crippen LogP contribution is -2.11. The van der Waals surface area contributed by atoms with Crippen LogP contribution < -0.4 is 4.74 Å². The SMILES string of the molecule is CC(C)(C)c1ccc(OCC2CC2(F)F)cc1. The number of halogens is 2. The molecule has 0 heterocycles. The summed E-state index contributed by atoms with van der Waals surface area (Å²) in [7, 11) is 0. The van der Waals surface area contributed by atoms with Gasteiger partial charge in [0.25, 0.3) is 5.92 Å². The monoisotopic (exact) mass is 240 g/mol. The van der Waals surface area contributed by atoms with E-state index in [0.29, 0.717) is 5.75 Å². The van der Waals surface area contributed by atoms with E-state index in [1.54, 1.807) is 0 Å². The third-order valence-electron chi connectivity index (χ3n) is 3.13. The molecule has 1 atom stereocenters. The van der Waals surface area contributed by atoms with Gasteiger partial charge in [-0.2, -0.15) is 0 Å². The van der Waals surface area contributed by atoms with Gasteiger partial charge in [-0.1, -0.05) is 32.9 Å². The average Bonchev–Trinajstić information content (AvgIpc) is 2.83. The highest BCUT2D eigenvalue weighted by Crippen LogP contribution is 2.48. The van der Waals surface area contributed by atoms with Gasteiger partial charge in [0, 0.05) is 6.42 Å². The van der Waals surface area contributed by atoms with Crippen LogP contribution in [0.1, 0.15) is 32.8 Å². The zero-order valence-electron chi connectivity index (χ0n) is 10.5. The second-order valence-electron chi connectivity index (χ2n) is 5.75. The molecule has 1 fully saturated rings. The fraction of sp³-hybridized carbons (Fsp3) is 0.571. The number of alkyl halides is 2. The van der Waals surface area contributed by atoms with Crippen molar-refractivity contribution in [2.75, 3.05) is 6.61 Å². The number of rotatable bonds is 3. The molecule has 1 aliphatic rings. The molecule has 2 rings (SSSR count). The second-order valence-corrected chi connectivity index (χ2v) is 5.75. The lowest BCUT2D eigenvalue weighted by Gasteiger charge is -2.19. The van der Waals surface area contributed by atoms with Gasteiger partial charge in [-0.25, -0.2) is 8.78 Å². The van der Waals surface area contributed by atoms with E-state index in [-0.39, 0.29) is 18.4 Å². The summed E-state index contributed by atoms with van der Waals surface area (Å²) in [5.74, 6) is -2.42. The van der Waals surface area contributed by atoms with Crippen LogP contribution in [0.3, 0.4) is 0 Å². The third-order valence-corrected chi connectivity index (χ3v) is 3.13. The molecule has 0 spiro atoms. The molecule has 0 aromatic heterocycles. The fourth-order valence-electron chi connectivity index (χ4n) is 1.70. The third kappa shape index (κ3) is 2.96. The molecule has 17 heavy (non-hydrogen) atoms. The molecule has 1 unspecified atom stereocenters. The van der Waals surface area contributed by atoms with Gasteiger partial charge in [0.2, 0.25) is 0 Å². The maximum absolute atomic E-state index is 12.6. The van der Waals surface area contributed by atoms with Crippen LogP contribution in [-0.4, -0.2) is 12.5 Å². The van der Waals surface area contributed by atoms with Crippen molar-refractivity contribution in [2.45, 2.75) is 38.5 Å². The minimum atomic E-state index is -2.49. The van der Waals surface area contributed by atoms with Gasteiger partial charge in [-0.3, -0.25) is 0 Å². The van der Waals surface area contributed by atoms with Crippen molar-refractivity contribution in [3.05, 3.63) is 29.8 Å². The van der Waals surface area contributed by atoms with Gasteiger partial charge < -0.3 is 4.74 Å².